The number of hydrogen-bond donors (Lipinski definition) is 1. The normalized spacial score (nSPS) is 21.8. The molecule has 0 unspecified atom stereocenters. The Bertz CT molecular complexity index is 714. The molecule has 1 aromatic rings. The second-order valence-electron chi connectivity index (χ2n) is 7.95. The third-order valence-corrected chi connectivity index (χ3v) is 5.84. The number of piperidine rings is 1. The lowest BCUT2D eigenvalue weighted by molar-refractivity contribution is -0.141. The molecule has 3 heterocycles. The molecule has 3 fully saturated rings. The molecule has 0 aromatic carbocycles. The van der Waals surface area contributed by atoms with E-state index in [1.54, 1.807) is 4.90 Å². The van der Waals surface area contributed by atoms with Gasteiger partial charge in [-0.2, -0.15) is 13.2 Å². The van der Waals surface area contributed by atoms with E-state index in [2.05, 4.69) is 15.3 Å². The summed E-state index contributed by atoms with van der Waals surface area (Å²) in [5, 5.41) is 3.07. The van der Waals surface area contributed by atoms with E-state index >= 15 is 0 Å². The number of nitrogens with zero attached hydrogens (tertiary/aromatic N) is 4. The van der Waals surface area contributed by atoms with E-state index < -0.39 is 11.9 Å². The monoisotopic (exact) mass is 413 g/mol. The van der Waals surface area contributed by atoms with Crippen molar-refractivity contribution in [3.8, 4) is 0 Å². The summed E-state index contributed by atoms with van der Waals surface area (Å²) < 4.78 is 44.5. The first-order valence-electron chi connectivity index (χ1n) is 10.2. The number of aromatic nitrogens is 2. The van der Waals surface area contributed by atoms with Crippen LogP contribution in [0.3, 0.4) is 0 Å². The van der Waals surface area contributed by atoms with Gasteiger partial charge >= 0.3 is 12.2 Å². The van der Waals surface area contributed by atoms with Crippen LogP contribution in [0.15, 0.2) is 12.4 Å². The molecule has 7 nitrogen and oxygen atoms in total. The molecule has 4 rings (SSSR count). The summed E-state index contributed by atoms with van der Waals surface area (Å²) in [6.45, 7) is 2.50. The third-order valence-electron chi connectivity index (χ3n) is 5.84. The summed E-state index contributed by atoms with van der Waals surface area (Å²) in [5.74, 6) is 0.333. The fourth-order valence-corrected chi connectivity index (χ4v) is 4.12. The fraction of sp³-hybridized carbons (Fsp3) is 0.737. The average molecular weight is 413 g/mol. The van der Waals surface area contributed by atoms with Gasteiger partial charge in [0.15, 0.2) is 0 Å². The van der Waals surface area contributed by atoms with Crippen molar-refractivity contribution in [1.82, 2.24) is 20.2 Å². The van der Waals surface area contributed by atoms with Gasteiger partial charge in [-0.3, -0.25) is 0 Å². The van der Waals surface area contributed by atoms with E-state index in [0.29, 0.717) is 45.0 Å². The molecular formula is C19H26F3N5O2. The smallest absolute Gasteiger partial charge is 0.381 e. The second kappa shape index (κ2) is 8.33. The Morgan fingerprint density at radius 1 is 1.07 bits per heavy atom. The van der Waals surface area contributed by atoms with Crippen molar-refractivity contribution in [1.29, 1.82) is 0 Å². The van der Waals surface area contributed by atoms with Crippen LogP contribution in [0, 0.1) is 0 Å². The summed E-state index contributed by atoms with van der Waals surface area (Å²) in [6.07, 6.45) is 1.49. The maximum Gasteiger partial charge on any atom is 0.433 e. The van der Waals surface area contributed by atoms with Gasteiger partial charge in [0.05, 0.1) is 0 Å². The van der Waals surface area contributed by atoms with Gasteiger partial charge in [0.25, 0.3) is 0 Å². The van der Waals surface area contributed by atoms with E-state index in [0.717, 1.165) is 38.1 Å². The van der Waals surface area contributed by atoms with Crippen LogP contribution in [0.1, 0.15) is 44.2 Å². The van der Waals surface area contributed by atoms with Gasteiger partial charge in [0.1, 0.15) is 17.8 Å². The van der Waals surface area contributed by atoms with E-state index in [1.165, 1.54) is 0 Å². The largest absolute Gasteiger partial charge is 0.433 e. The molecule has 2 aliphatic heterocycles. The molecule has 10 heteroatoms. The number of nitrogens with one attached hydrogen (secondary N) is 1. The van der Waals surface area contributed by atoms with Crippen LogP contribution in [0.2, 0.25) is 0 Å². The van der Waals surface area contributed by atoms with Crippen molar-refractivity contribution in [2.45, 2.75) is 62.8 Å². The summed E-state index contributed by atoms with van der Waals surface area (Å²) in [6, 6.07) is 1.43. The zero-order valence-corrected chi connectivity index (χ0v) is 16.2. The molecular weight excluding hydrogens is 387 g/mol. The highest BCUT2D eigenvalue weighted by Gasteiger charge is 2.39. The number of alkyl halides is 3. The van der Waals surface area contributed by atoms with Crippen LogP contribution in [0.5, 0.6) is 0 Å². The number of carbonyl (C=O) groups is 1. The number of urea groups is 1. The standard InChI is InChI=1S/C19H26F3N5O2/c20-19(21,22)16-11-17(24-12-23-16)27(14-1-2-14)15-3-7-26(8-4-15)18(28)25-13-5-9-29-10-6-13/h11-15H,1-10H2,(H,25,28). The van der Waals surface area contributed by atoms with Crippen molar-refractivity contribution in [2.24, 2.45) is 0 Å². The zero-order chi connectivity index (χ0) is 20.4. The molecule has 1 saturated carbocycles. The Balaban J connectivity index is 1.38. The van der Waals surface area contributed by atoms with Crippen LogP contribution in [0.25, 0.3) is 0 Å². The summed E-state index contributed by atoms with van der Waals surface area (Å²) in [5.41, 5.74) is -0.915. The van der Waals surface area contributed by atoms with Crippen molar-refractivity contribution >= 4 is 11.8 Å². The average Bonchev–Trinajstić information content (AvgIpc) is 3.54. The number of anilines is 1. The molecule has 29 heavy (non-hydrogen) atoms. The Morgan fingerprint density at radius 2 is 1.72 bits per heavy atom. The molecule has 0 atom stereocenters. The maximum atomic E-state index is 13.1. The fourth-order valence-electron chi connectivity index (χ4n) is 4.12. The van der Waals surface area contributed by atoms with Crippen LogP contribution in [-0.2, 0) is 10.9 Å². The number of ether oxygens (including phenoxy) is 1. The highest BCUT2D eigenvalue weighted by atomic mass is 19.4. The predicted octanol–water partition coefficient (Wildman–Crippen LogP) is 2.82. The van der Waals surface area contributed by atoms with Crippen molar-refractivity contribution in [3.63, 3.8) is 0 Å². The highest BCUT2D eigenvalue weighted by molar-refractivity contribution is 5.74. The second-order valence-corrected chi connectivity index (χ2v) is 7.95. The first-order valence-corrected chi connectivity index (χ1v) is 10.2. The van der Waals surface area contributed by atoms with Crippen molar-refractivity contribution in [2.75, 3.05) is 31.2 Å². The lowest BCUT2D eigenvalue weighted by Crippen LogP contribution is -2.52. The van der Waals surface area contributed by atoms with Crippen LogP contribution < -0.4 is 10.2 Å². The third kappa shape index (κ3) is 4.91. The van der Waals surface area contributed by atoms with Gasteiger partial charge in [0, 0.05) is 50.5 Å². The van der Waals surface area contributed by atoms with Gasteiger partial charge in [0.2, 0.25) is 0 Å². The van der Waals surface area contributed by atoms with Gasteiger partial charge < -0.3 is 19.9 Å². The quantitative estimate of drug-likeness (QED) is 0.822. The minimum Gasteiger partial charge on any atom is -0.381 e. The predicted molar refractivity (Wildman–Crippen MR) is 99.5 cm³/mol. The van der Waals surface area contributed by atoms with E-state index in [-0.39, 0.29) is 24.2 Å². The number of carbonyl (C=O) groups excluding carboxylic acids is 1. The molecule has 0 radical (unpaired) electrons. The molecule has 0 bridgehead atoms. The number of likely N-dealkylation sites (tertiary alicyclic amines) is 1. The highest BCUT2D eigenvalue weighted by Crippen LogP contribution is 2.37. The Labute approximate surface area is 167 Å². The van der Waals surface area contributed by atoms with Crippen LogP contribution in [-0.4, -0.2) is 65.3 Å². The summed E-state index contributed by atoms with van der Waals surface area (Å²) >= 11 is 0. The van der Waals surface area contributed by atoms with Gasteiger partial charge in [-0.05, 0) is 38.5 Å². The molecule has 1 N–H and O–H groups in total. The van der Waals surface area contributed by atoms with Gasteiger partial charge in [-0.15, -0.1) is 0 Å². The van der Waals surface area contributed by atoms with Crippen molar-refractivity contribution in [3.05, 3.63) is 18.1 Å². The van der Waals surface area contributed by atoms with Crippen LogP contribution in [0.4, 0.5) is 23.8 Å². The molecule has 1 aromatic heterocycles. The topological polar surface area (TPSA) is 70.6 Å². The SMILES string of the molecule is O=C(NC1CCOCC1)N1CCC(N(c2cc(C(F)(F)F)ncn2)C2CC2)CC1. The summed E-state index contributed by atoms with van der Waals surface area (Å²) in [7, 11) is 0. The Kier molecular flexibility index (Phi) is 5.80. The number of amides is 2. The number of hydrogen-bond acceptors (Lipinski definition) is 5. The molecule has 3 aliphatic rings. The van der Waals surface area contributed by atoms with Crippen molar-refractivity contribution < 1.29 is 22.7 Å². The lowest BCUT2D eigenvalue weighted by atomic mass is 10.0. The minimum absolute atomic E-state index is 0.0604. The lowest BCUT2D eigenvalue weighted by Gasteiger charge is -2.40. The first-order chi connectivity index (χ1) is 13.9. The maximum absolute atomic E-state index is 13.1. The summed E-state index contributed by atoms with van der Waals surface area (Å²) in [4.78, 5) is 23.9. The van der Waals surface area contributed by atoms with Crippen LogP contribution >= 0.6 is 0 Å². The van der Waals surface area contributed by atoms with E-state index in [4.69, 9.17) is 4.74 Å². The molecule has 1 aliphatic carbocycles. The minimum atomic E-state index is -4.49. The first kappa shape index (κ1) is 20.2. The molecule has 2 amide bonds. The Hall–Kier alpha value is -2.10. The van der Waals surface area contributed by atoms with Gasteiger partial charge in [-0.25, -0.2) is 14.8 Å². The molecule has 2 saturated heterocycles. The number of halogens is 3. The Morgan fingerprint density at radius 3 is 2.34 bits per heavy atom. The van der Waals surface area contributed by atoms with E-state index in [9.17, 15) is 18.0 Å². The zero-order valence-electron chi connectivity index (χ0n) is 16.2. The van der Waals surface area contributed by atoms with Gasteiger partial charge in [-0.1, -0.05) is 0 Å². The van der Waals surface area contributed by atoms with E-state index in [1.807, 2.05) is 4.90 Å². The number of rotatable bonds is 4. The molecule has 160 valence electrons. The molecule has 0 spiro atoms.